The molecule has 77 heavy (non-hydrogen) atoms. The molecule has 8 aromatic rings. The number of non-ortho nitro benzene ring substituents is 1. The maximum atomic E-state index is 14.3. The van der Waals surface area contributed by atoms with E-state index in [1.165, 1.54) is 18.2 Å². The molecule has 11 rings (SSSR count). The summed E-state index contributed by atoms with van der Waals surface area (Å²) in [5, 5.41) is 34.7. The van der Waals surface area contributed by atoms with Gasteiger partial charge in [0.25, 0.3) is 23.4 Å². The number of aliphatic hydroxyl groups is 1. The van der Waals surface area contributed by atoms with Crippen molar-refractivity contribution in [3.8, 4) is 0 Å². The van der Waals surface area contributed by atoms with Gasteiger partial charge in [0.1, 0.15) is 22.8 Å². The number of aliphatic hydroxyl groups excluding tert-OH is 1. The molecule has 18 nitrogen and oxygen atoms in total. The number of carbonyl (C=O) groups excluding carboxylic acids is 4. The number of aromatic amines is 3. The number of nitro groups is 1. The molecule has 0 unspecified atom stereocenters. The maximum Gasteiger partial charge on any atom is 0.274 e. The smallest absolute Gasteiger partial charge is 0.274 e. The van der Waals surface area contributed by atoms with Crippen LogP contribution in [0, 0.1) is 10.1 Å². The summed E-state index contributed by atoms with van der Waals surface area (Å²) in [7, 11) is 0. The minimum absolute atomic E-state index is 0.0466. The molecule has 0 spiro atoms. The number of unbranched alkanes of at least 4 members (excludes halogenated alkanes) is 3. The average molecular weight is 1060 g/mol. The second-order valence-corrected chi connectivity index (χ2v) is 20.3. The summed E-state index contributed by atoms with van der Waals surface area (Å²) in [6.45, 7) is 5.85. The summed E-state index contributed by atoms with van der Waals surface area (Å²) >= 11 is 6.20. The molecule has 0 aliphatic carbocycles. The molecular weight excluding hydrogens is 998 g/mol. The number of azo groups is 1. The minimum atomic E-state index is -0.513. The fraction of sp³-hybridized carbons (Fsp3) is 0.310. The largest absolute Gasteiger partial charge is 0.396 e. The van der Waals surface area contributed by atoms with E-state index in [-0.39, 0.29) is 40.9 Å². The Hall–Kier alpha value is -8.35. The Bertz CT molecular complexity index is 3660. The summed E-state index contributed by atoms with van der Waals surface area (Å²) in [5.41, 5.74) is 11.3. The van der Waals surface area contributed by atoms with Crippen LogP contribution in [0.2, 0.25) is 5.02 Å². The van der Waals surface area contributed by atoms with E-state index in [9.17, 15) is 29.3 Å². The van der Waals surface area contributed by atoms with Crippen LogP contribution in [0.25, 0.3) is 32.7 Å². The molecule has 6 heterocycles. The number of amides is 4. The van der Waals surface area contributed by atoms with Crippen LogP contribution >= 0.6 is 11.6 Å². The van der Waals surface area contributed by atoms with Crippen LogP contribution in [0.4, 0.5) is 39.8 Å². The first-order valence-corrected chi connectivity index (χ1v) is 26.8. The van der Waals surface area contributed by atoms with Gasteiger partial charge in [-0.15, -0.1) is 5.11 Å². The van der Waals surface area contributed by atoms with Crippen LogP contribution in [0.1, 0.15) is 100 Å². The van der Waals surface area contributed by atoms with Gasteiger partial charge in [0, 0.05) is 120 Å². The van der Waals surface area contributed by atoms with Crippen molar-refractivity contribution in [2.24, 2.45) is 10.2 Å². The van der Waals surface area contributed by atoms with Gasteiger partial charge in [-0.3, -0.25) is 29.3 Å². The predicted octanol–water partition coefficient (Wildman–Crippen LogP) is 11.4. The van der Waals surface area contributed by atoms with Gasteiger partial charge in [-0.05, 0) is 147 Å². The quantitative estimate of drug-likeness (QED) is 0.0226. The van der Waals surface area contributed by atoms with Gasteiger partial charge in [0.2, 0.25) is 5.91 Å². The highest BCUT2D eigenvalue weighted by atomic mass is 35.5. The van der Waals surface area contributed by atoms with E-state index in [1.807, 2.05) is 83.8 Å². The molecule has 3 aliphatic rings. The van der Waals surface area contributed by atoms with Crippen LogP contribution in [-0.2, 0) is 24.1 Å². The highest BCUT2D eigenvalue weighted by Gasteiger charge is 2.33. The number of halogens is 1. The summed E-state index contributed by atoms with van der Waals surface area (Å²) in [5.74, 6) is -0.452. The van der Waals surface area contributed by atoms with Crippen molar-refractivity contribution in [1.29, 1.82) is 0 Å². The number of hydrogen-bond acceptors (Lipinski definition) is 10. The number of anilines is 4. The Morgan fingerprint density at radius 1 is 0.662 bits per heavy atom. The van der Waals surface area contributed by atoms with Crippen LogP contribution in [0.15, 0.2) is 107 Å². The summed E-state index contributed by atoms with van der Waals surface area (Å²) in [6.07, 6.45) is 7.51. The zero-order valence-corrected chi connectivity index (χ0v) is 43.4. The van der Waals surface area contributed by atoms with Gasteiger partial charge < -0.3 is 45.0 Å². The first-order valence-electron chi connectivity index (χ1n) is 26.5. The SMILES string of the molecule is CCCCCN(CCCNC(=O)c1cc2c3c(ccc2[nH]1)N(C(=O)c1cc2c4c(ccc2[nH]1)N(C(=O)c1cc2c5c(ccc2[nH]1)N(C(=O)CCCCO)CC5)CC4)CC3)c1ccc(N=Nc2ccc([N+](=O)[O-])cc2Cl)cc1. The number of nitrogens with zero attached hydrogens (tertiary/aromatic N) is 7. The van der Waals surface area contributed by atoms with E-state index >= 15 is 0 Å². The standard InChI is InChI=1S/C58H58ClN11O7/c1-2-3-5-25-66(36-11-9-35(10-12-36)64-65-48-14-13-37(70(76)77)31-44(48)59)26-7-24-60-56(73)49-32-41-39-22-28-68(53(39)19-16-45(41)61-49)58(75)51-34-43-40-23-29-69(54(40)20-17-47(43)63-51)57(74)50-33-42-38-21-27-67(55(72)8-4-6-30-71)52(38)18-15-46(42)62-50/h9-20,31-34,61-63,71H,2-8,21-30H2,1H3,(H,60,73). The van der Waals surface area contributed by atoms with Crippen molar-refractivity contribution in [3.63, 3.8) is 0 Å². The highest BCUT2D eigenvalue weighted by Crippen LogP contribution is 2.40. The van der Waals surface area contributed by atoms with Crippen molar-refractivity contribution < 1.29 is 29.2 Å². The molecule has 4 amide bonds. The Labute approximate surface area is 448 Å². The molecule has 3 aliphatic heterocycles. The number of carbonyl (C=O) groups is 4. The van der Waals surface area contributed by atoms with E-state index in [1.54, 1.807) is 9.80 Å². The molecule has 19 heteroatoms. The zero-order valence-electron chi connectivity index (χ0n) is 42.7. The van der Waals surface area contributed by atoms with Crippen LogP contribution in [0.5, 0.6) is 0 Å². The van der Waals surface area contributed by atoms with E-state index in [4.69, 9.17) is 16.7 Å². The molecule has 5 N–H and O–H groups in total. The van der Waals surface area contributed by atoms with Gasteiger partial charge in [-0.25, -0.2) is 0 Å². The number of H-pyrrole nitrogens is 3. The number of aromatic nitrogens is 3. The first-order chi connectivity index (χ1) is 37.5. The number of benzene rings is 5. The van der Waals surface area contributed by atoms with Crippen molar-refractivity contribution in [2.45, 2.75) is 71.1 Å². The van der Waals surface area contributed by atoms with Gasteiger partial charge >= 0.3 is 0 Å². The van der Waals surface area contributed by atoms with Gasteiger partial charge in [0.05, 0.1) is 15.6 Å². The monoisotopic (exact) mass is 1060 g/mol. The first kappa shape index (κ1) is 50.8. The summed E-state index contributed by atoms with van der Waals surface area (Å²) < 4.78 is 0. The molecule has 394 valence electrons. The Morgan fingerprint density at radius 2 is 1.21 bits per heavy atom. The maximum absolute atomic E-state index is 14.3. The fourth-order valence-corrected chi connectivity index (χ4v) is 11.4. The van der Waals surface area contributed by atoms with E-state index in [0.29, 0.717) is 99.6 Å². The summed E-state index contributed by atoms with van der Waals surface area (Å²) in [4.78, 5) is 83.4. The van der Waals surface area contributed by atoms with E-state index in [0.717, 1.165) is 105 Å². The molecular formula is C58H58ClN11O7. The fourth-order valence-electron chi connectivity index (χ4n) is 11.2. The van der Waals surface area contributed by atoms with Crippen molar-refractivity contribution in [3.05, 3.63) is 146 Å². The van der Waals surface area contributed by atoms with Crippen LogP contribution < -0.4 is 24.9 Å². The highest BCUT2D eigenvalue weighted by molar-refractivity contribution is 6.33. The number of fused-ring (bicyclic) bond motifs is 9. The lowest BCUT2D eigenvalue weighted by Crippen LogP contribution is -2.30. The van der Waals surface area contributed by atoms with Crippen molar-refractivity contribution in [1.82, 2.24) is 20.3 Å². The lowest BCUT2D eigenvalue weighted by Gasteiger charge is -2.25. The second kappa shape index (κ2) is 21.7. The molecule has 0 saturated heterocycles. The number of rotatable bonds is 19. The predicted molar refractivity (Wildman–Crippen MR) is 300 cm³/mol. The van der Waals surface area contributed by atoms with Crippen molar-refractivity contribution >= 4 is 108 Å². The number of nitrogens with one attached hydrogen (secondary N) is 4. The molecule has 0 atom stereocenters. The minimum Gasteiger partial charge on any atom is -0.396 e. The normalized spacial score (nSPS) is 13.8. The Balaban J connectivity index is 0.721. The third kappa shape index (κ3) is 10.0. The van der Waals surface area contributed by atoms with Crippen LogP contribution in [-0.4, -0.2) is 94.5 Å². The number of nitro benzene ring substituents is 1. The molecule has 3 aromatic heterocycles. The Kier molecular flexibility index (Phi) is 14.3. The molecule has 5 aromatic carbocycles. The summed E-state index contributed by atoms with van der Waals surface area (Å²) in [6, 6.07) is 29.1. The van der Waals surface area contributed by atoms with Crippen molar-refractivity contribution in [2.75, 3.05) is 65.5 Å². The van der Waals surface area contributed by atoms with E-state index in [2.05, 4.69) is 42.3 Å². The van der Waals surface area contributed by atoms with Gasteiger partial charge in [-0.2, -0.15) is 5.11 Å². The zero-order chi connectivity index (χ0) is 53.3. The topological polar surface area (TPSA) is 229 Å². The molecule has 0 fully saturated rings. The number of hydrogen-bond donors (Lipinski definition) is 5. The average Bonchev–Trinajstić information content (AvgIpc) is 4.34. The Morgan fingerprint density at radius 3 is 1.77 bits per heavy atom. The van der Waals surface area contributed by atoms with Gasteiger partial charge in [-0.1, -0.05) is 31.4 Å². The van der Waals surface area contributed by atoms with Gasteiger partial charge in [0.15, 0.2) is 0 Å². The molecule has 0 saturated carbocycles. The third-order valence-corrected chi connectivity index (χ3v) is 15.5. The lowest BCUT2D eigenvalue weighted by molar-refractivity contribution is -0.384. The van der Waals surface area contributed by atoms with Crippen LogP contribution in [0.3, 0.4) is 0 Å². The van der Waals surface area contributed by atoms with E-state index < -0.39 is 4.92 Å². The molecule has 0 radical (unpaired) electrons. The second-order valence-electron chi connectivity index (χ2n) is 19.9. The third-order valence-electron chi connectivity index (χ3n) is 15.1. The lowest BCUT2D eigenvalue weighted by atomic mass is 10.1. The molecule has 0 bridgehead atoms.